The molecule has 0 aromatic heterocycles. The van der Waals surface area contributed by atoms with E-state index in [1.165, 1.54) is 24.3 Å². The van der Waals surface area contributed by atoms with Crippen LogP contribution in [-0.4, -0.2) is 4.92 Å². The van der Waals surface area contributed by atoms with E-state index in [1.807, 2.05) is 0 Å². The second-order valence-electron chi connectivity index (χ2n) is 3.79. The molecule has 2 aromatic rings. The molecule has 0 saturated carbocycles. The maximum absolute atomic E-state index is 13.3. The molecule has 0 radical (unpaired) electrons. The van der Waals surface area contributed by atoms with Gasteiger partial charge in [-0.1, -0.05) is 6.07 Å². The molecule has 0 saturated heterocycles. The van der Waals surface area contributed by atoms with E-state index in [2.05, 4.69) is 0 Å². The van der Waals surface area contributed by atoms with E-state index in [1.54, 1.807) is 6.07 Å². The van der Waals surface area contributed by atoms with Crippen LogP contribution in [0.4, 0.5) is 14.5 Å². The van der Waals surface area contributed by atoms with Crippen molar-refractivity contribution in [1.29, 1.82) is 0 Å². The average Bonchev–Trinajstić information content (AvgIpc) is 2.36. The van der Waals surface area contributed by atoms with Gasteiger partial charge >= 0.3 is 5.69 Å². The van der Waals surface area contributed by atoms with Gasteiger partial charge < -0.3 is 4.74 Å². The van der Waals surface area contributed by atoms with Gasteiger partial charge in [-0.25, -0.2) is 4.39 Å². The monoisotopic (exact) mass is 265 g/mol. The first kappa shape index (κ1) is 12.9. The Balaban J connectivity index is 2.08. The summed E-state index contributed by atoms with van der Waals surface area (Å²) in [5, 5.41) is 10.4. The van der Waals surface area contributed by atoms with Crippen molar-refractivity contribution in [3.05, 3.63) is 69.8 Å². The molecular weight excluding hydrogens is 256 g/mol. The molecule has 0 fully saturated rings. The Kier molecular flexibility index (Phi) is 3.70. The van der Waals surface area contributed by atoms with Crippen molar-refractivity contribution in [2.24, 2.45) is 0 Å². The summed E-state index contributed by atoms with van der Waals surface area (Å²) in [6.07, 6.45) is 0. The van der Waals surface area contributed by atoms with Crippen LogP contribution < -0.4 is 4.74 Å². The molecule has 4 nitrogen and oxygen atoms in total. The zero-order valence-electron chi connectivity index (χ0n) is 9.68. The van der Waals surface area contributed by atoms with Gasteiger partial charge in [0.15, 0.2) is 0 Å². The predicted octanol–water partition coefficient (Wildman–Crippen LogP) is 3.45. The van der Waals surface area contributed by atoms with E-state index >= 15 is 0 Å². The normalized spacial score (nSPS) is 10.2. The number of nitro benzene ring substituents is 1. The van der Waals surface area contributed by atoms with Gasteiger partial charge in [-0.15, -0.1) is 0 Å². The maximum Gasteiger partial charge on any atom is 0.304 e. The van der Waals surface area contributed by atoms with Gasteiger partial charge in [-0.3, -0.25) is 10.1 Å². The van der Waals surface area contributed by atoms with Crippen molar-refractivity contribution in [3.8, 4) is 5.75 Å². The van der Waals surface area contributed by atoms with Gasteiger partial charge in [-0.2, -0.15) is 4.39 Å². The molecule has 0 heterocycles. The van der Waals surface area contributed by atoms with Crippen molar-refractivity contribution >= 4 is 5.69 Å². The number of nitrogens with zero attached hydrogens (tertiary/aromatic N) is 1. The molecule has 0 amide bonds. The lowest BCUT2D eigenvalue weighted by atomic mass is 10.2. The average molecular weight is 265 g/mol. The molecule has 19 heavy (non-hydrogen) atoms. The molecule has 0 bridgehead atoms. The van der Waals surface area contributed by atoms with E-state index < -0.39 is 22.2 Å². The van der Waals surface area contributed by atoms with E-state index in [0.717, 1.165) is 12.1 Å². The molecule has 0 aliphatic heterocycles. The summed E-state index contributed by atoms with van der Waals surface area (Å²) in [6.45, 7) is -0.00162. The number of hydrogen-bond donors (Lipinski definition) is 0. The Labute approximate surface area is 107 Å². The number of nitro groups is 1. The van der Waals surface area contributed by atoms with Crippen molar-refractivity contribution in [2.75, 3.05) is 0 Å². The van der Waals surface area contributed by atoms with Gasteiger partial charge in [0.25, 0.3) is 0 Å². The quantitative estimate of drug-likeness (QED) is 0.628. The summed E-state index contributed by atoms with van der Waals surface area (Å²) in [4.78, 5) is 9.64. The van der Waals surface area contributed by atoms with E-state index in [4.69, 9.17) is 4.74 Å². The molecular formula is C13H9F2NO3. The lowest BCUT2D eigenvalue weighted by Crippen LogP contribution is -1.98. The van der Waals surface area contributed by atoms with Crippen molar-refractivity contribution in [1.82, 2.24) is 0 Å². The smallest absolute Gasteiger partial charge is 0.304 e. The number of benzene rings is 2. The molecule has 0 spiro atoms. The Hall–Kier alpha value is -2.50. The first-order valence-electron chi connectivity index (χ1n) is 5.37. The molecule has 2 rings (SSSR count). The van der Waals surface area contributed by atoms with Crippen LogP contribution in [0.25, 0.3) is 0 Å². The standard InChI is InChI=1S/C13H9F2NO3/c14-10-2-1-3-11(7-10)19-8-9-4-5-13(16(17)18)12(15)6-9/h1-7H,8H2. The second kappa shape index (κ2) is 5.43. The fourth-order valence-corrected chi connectivity index (χ4v) is 1.51. The minimum absolute atomic E-state index is 0.00162. The van der Waals surface area contributed by atoms with E-state index in [0.29, 0.717) is 11.3 Å². The third-order valence-electron chi connectivity index (χ3n) is 2.41. The van der Waals surface area contributed by atoms with E-state index in [9.17, 15) is 18.9 Å². The lowest BCUT2D eigenvalue weighted by Gasteiger charge is -2.06. The minimum Gasteiger partial charge on any atom is -0.489 e. The summed E-state index contributed by atoms with van der Waals surface area (Å²) in [5.74, 6) is -1.06. The van der Waals surface area contributed by atoms with Gasteiger partial charge in [0.1, 0.15) is 18.2 Å². The van der Waals surface area contributed by atoms with Crippen molar-refractivity contribution in [2.45, 2.75) is 6.61 Å². The van der Waals surface area contributed by atoms with Crippen LogP contribution in [-0.2, 0) is 6.61 Å². The Bertz CT molecular complexity index is 617. The Morgan fingerprint density at radius 2 is 1.95 bits per heavy atom. The Morgan fingerprint density at radius 3 is 2.58 bits per heavy atom. The van der Waals surface area contributed by atoms with Gasteiger partial charge in [0.05, 0.1) is 4.92 Å². The SMILES string of the molecule is O=[N+]([O-])c1ccc(COc2cccc(F)c2)cc1F. The molecule has 0 aliphatic carbocycles. The van der Waals surface area contributed by atoms with Crippen LogP contribution >= 0.6 is 0 Å². The van der Waals surface area contributed by atoms with Gasteiger partial charge in [0, 0.05) is 12.1 Å². The molecule has 0 unspecified atom stereocenters. The third-order valence-corrected chi connectivity index (χ3v) is 2.41. The highest BCUT2D eigenvalue weighted by atomic mass is 19.1. The number of halogens is 2. The number of ether oxygens (including phenoxy) is 1. The first-order chi connectivity index (χ1) is 9.06. The zero-order valence-corrected chi connectivity index (χ0v) is 9.68. The molecule has 0 atom stereocenters. The van der Waals surface area contributed by atoms with Crippen LogP contribution in [0, 0.1) is 21.7 Å². The molecule has 0 aliphatic rings. The number of hydrogen-bond acceptors (Lipinski definition) is 3. The zero-order chi connectivity index (χ0) is 13.8. The predicted molar refractivity (Wildman–Crippen MR) is 63.8 cm³/mol. The van der Waals surface area contributed by atoms with Crippen LogP contribution in [0.5, 0.6) is 5.75 Å². The first-order valence-corrected chi connectivity index (χ1v) is 5.37. The summed E-state index contributed by atoms with van der Waals surface area (Å²) < 4.78 is 31.5. The summed E-state index contributed by atoms with van der Waals surface area (Å²) in [6, 6.07) is 9.00. The highest BCUT2D eigenvalue weighted by molar-refractivity contribution is 5.35. The fraction of sp³-hybridized carbons (Fsp3) is 0.0769. The van der Waals surface area contributed by atoms with Crippen LogP contribution in [0.2, 0.25) is 0 Å². The van der Waals surface area contributed by atoms with Gasteiger partial charge in [0.2, 0.25) is 5.82 Å². The number of rotatable bonds is 4. The lowest BCUT2D eigenvalue weighted by molar-refractivity contribution is -0.387. The van der Waals surface area contributed by atoms with Gasteiger partial charge in [-0.05, 0) is 29.8 Å². The Morgan fingerprint density at radius 1 is 1.16 bits per heavy atom. The van der Waals surface area contributed by atoms with Crippen LogP contribution in [0.1, 0.15) is 5.56 Å². The maximum atomic E-state index is 13.3. The van der Waals surface area contributed by atoms with Crippen molar-refractivity contribution in [3.63, 3.8) is 0 Å². The van der Waals surface area contributed by atoms with Crippen molar-refractivity contribution < 1.29 is 18.4 Å². The molecule has 2 aromatic carbocycles. The topological polar surface area (TPSA) is 52.4 Å². The summed E-state index contributed by atoms with van der Waals surface area (Å²) in [7, 11) is 0. The summed E-state index contributed by atoms with van der Waals surface area (Å²) in [5.41, 5.74) is -0.165. The fourth-order valence-electron chi connectivity index (χ4n) is 1.51. The minimum atomic E-state index is -0.926. The summed E-state index contributed by atoms with van der Waals surface area (Å²) >= 11 is 0. The molecule has 6 heteroatoms. The second-order valence-corrected chi connectivity index (χ2v) is 3.79. The third kappa shape index (κ3) is 3.25. The highest BCUT2D eigenvalue weighted by Crippen LogP contribution is 2.19. The largest absolute Gasteiger partial charge is 0.489 e. The van der Waals surface area contributed by atoms with Crippen LogP contribution in [0.3, 0.4) is 0 Å². The highest BCUT2D eigenvalue weighted by Gasteiger charge is 2.13. The molecule has 98 valence electrons. The van der Waals surface area contributed by atoms with E-state index in [-0.39, 0.29) is 6.61 Å². The molecule has 0 N–H and O–H groups in total. The van der Waals surface area contributed by atoms with Crippen LogP contribution in [0.15, 0.2) is 42.5 Å².